The summed E-state index contributed by atoms with van der Waals surface area (Å²) in [6, 6.07) is 3.58. The van der Waals surface area contributed by atoms with E-state index in [1.807, 2.05) is 0 Å². The molecular weight excluding hydrogens is 212 g/mol. The van der Waals surface area contributed by atoms with Crippen LogP contribution >= 0.6 is 0 Å². The molecule has 0 saturated heterocycles. The summed E-state index contributed by atoms with van der Waals surface area (Å²) < 4.78 is 0. The molecule has 16 heavy (non-hydrogen) atoms. The van der Waals surface area contributed by atoms with Crippen LogP contribution in [-0.4, -0.2) is 40.5 Å². The van der Waals surface area contributed by atoms with E-state index in [0.717, 1.165) is 11.0 Å². The lowest BCUT2D eigenvalue weighted by atomic mass is 10.1. The third-order valence-electron chi connectivity index (χ3n) is 1.95. The summed E-state index contributed by atoms with van der Waals surface area (Å²) in [6.07, 6.45) is 0. The van der Waals surface area contributed by atoms with Crippen LogP contribution in [-0.2, 0) is 4.79 Å². The Labute approximate surface area is 91.9 Å². The molecule has 0 fully saturated rings. The molecule has 1 aromatic carbocycles. The monoisotopic (exact) mass is 224 g/mol. The maximum Gasteiger partial charge on any atom is 0.257 e. The Bertz CT molecular complexity index is 431. The maximum atomic E-state index is 11.7. The lowest BCUT2D eigenvalue weighted by Gasteiger charge is -2.15. The SMILES string of the molecule is CN(CC(N)=O)C(=O)c1ccc(O)cc1O. The molecule has 0 bridgehead atoms. The highest BCUT2D eigenvalue weighted by atomic mass is 16.3. The molecule has 0 spiro atoms. The molecule has 6 heteroatoms. The summed E-state index contributed by atoms with van der Waals surface area (Å²) >= 11 is 0. The molecule has 0 unspecified atom stereocenters. The lowest BCUT2D eigenvalue weighted by molar-refractivity contribution is -0.118. The van der Waals surface area contributed by atoms with E-state index in [0.29, 0.717) is 0 Å². The Morgan fingerprint density at radius 1 is 1.38 bits per heavy atom. The number of nitrogens with two attached hydrogens (primary N) is 1. The molecular formula is C10H12N2O4. The summed E-state index contributed by atoms with van der Waals surface area (Å²) in [5.41, 5.74) is 4.94. The van der Waals surface area contributed by atoms with Crippen LogP contribution in [0.4, 0.5) is 0 Å². The normalized spacial score (nSPS) is 9.81. The number of phenols is 2. The van der Waals surface area contributed by atoms with Crippen molar-refractivity contribution in [1.82, 2.24) is 4.90 Å². The number of nitrogens with zero attached hydrogens (tertiary/aromatic N) is 1. The Hall–Kier alpha value is -2.24. The third kappa shape index (κ3) is 2.63. The minimum atomic E-state index is -0.644. The molecule has 1 rings (SSSR count). The molecule has 0 atom stereocenters. The van der Waals surface area contributed by atoms with Crippen LogP contribution in [0.25, 0.3) is 0 Å². The first-order valence-corrected chi connectivity index (χ1v) is 4.47. The van der Waals surface area contributed by atoms with Crippen molar-refractivity contribution >= 4 is 11.8 Å². The molecule has 2 amide bonds. The molecule has 1 aromatic rings. The van der Waals surface area contributed by atoms with Crippen molar-refractivity contribution in [1.29, 1.82) is 0 Å². The molecule has 0 aliphatic heterocycles. The summed E-state index contributed by atoms with van der Waals surface area (Å²) in [4.78, 5) is 23.4. The maximum absolute atomic E-state index is 11.7. The van der Waals surface area contributed by atoms with Gasteiger partial charge in [0.15, 0.2) is 0 Å². The number of hydrogen-bond donors (Lipinski definition) is 3. The van der Waals surface area contributed by atoms with E-state index in [2.05, 4.69) is 0 Å². The first-order valence-electron chi connectivity index (χ1n) is 4.47. The molecule has 0 aliphatic carbocycles. The minimum Gasteiger partial charge on any atom is -0.508 e. The number of carbonyl (C=O) groups is 2. The highest BCUT2D eigenvalue weighted by molar-refractivity contribution is 5.98. The van der Waals surface area contributed by atoms with Crippen LogP contribution in [0.5, 0.6) is 11.5 Å². The predicted octanol–water partition coefficient (Wildman–Crippen LogP) is -0.345. The molecule has 0 aromatic heterocycles. The topological polar surface area (TPSA) is 104 Å². The summed E-state index contributed by atoms with van der Waals surface area (Å²) in [5.74, 6) is -1.68. The van der Waals surface area contributed by atoms with Crippen molar-refractivity contribution in [3.8, 4) is 11.5 Å². The van der Waals surface area contributed by atoms with E-state index in [4.69, 9.17) is 10.8 Å². The van der Waals surface area contributed by atoms with Gasteiger partial charge in [0.1, 0.15) is 11.5 Å². The fraction of sp³-hybridized carbons (Fsp3) is 0.200. The van der Waals surface area contributed by atoms with Crippen LogP contribution in [0.2, 0.25) is 0 Å². The molecule has 4 N–H and O–H groups in total. The van der Waals surface area contributed by atoms with Gasteiger partial charge in [-0.15, -0.1) is 0 Å². The second-order valence-corrected chi connectivity index (χ2v) is 3.33. The van der Waals surface area contributed by atoms with Gasteiger partial charge in [-0.3, -0.25) is 9.59 Å². The zero-order valence-corrected chi connectivity index (χ0v) is 8.67. The fourth-order valence-electron chi connectivity index (χ4n) is 1.21. The van der Waals surface area contributed by atoms with Gasteiger partial charge in [-0.2, -0.15) is 0 Å². The molecule has 0 heterocycles. The van der Waals surface area contributed by atoms with Gasteiger partial charge in [0.2, 0.25) is 5.91 Å². The van der Waals surface area contributed by atoms with Crippen molar-refractivity contribution < 1.29 is 19.8 Å². The van der Waals surface area contributed by atoms with Crippen LogP contribution in [0, 0.1) is 0 Å². The largest absolute Gasteiger partial charge is 0.508 e. The zero-order valence-electron chi connectivity index (χ0n) is 8.67. The standard InChI is InChI=1S/C10H12N2O4/c1-12(5-9(11)15)10(16)7-3-2-6(13)4-8(7)14/h2-4,13-14H,5H2,1H3,(H2,11,15). The van der Waals surface area contributed by atoms with E-state index in [9.17, 15) is 14.7 Å². The van der Waals surface area contributed by atoms with Crippen LogP contribution in [0.15, 0.2) is 18.2 Å². The van der Waals surface area contributed by atoms with Crippen molar-refractivity contribution in [2.75, 3.05) is 13.6 Å². The second kappa shape index (κ2) is 4.52. The van der Waals surface area contributed by atoms with Gasteiger partial charge in [0, 0.05) is 13.1 Å². The number of amides is 2. The average Bonchev–Trinajstić information content (AvgIpc) is 2.15. The number of carbonyl (C=O) groups excluding carboxylic acids is 2. The summed E-state index contributed by atoms with van der Waals surface area (Å²) in [6.45, 7) is -0.237. The smallest absolute Gasteiger partial charge is 0.257 e. The number of primary amides is 1. The highest BCUT2D eigenvalue weighted by Crippen LogP contribution is 2.23. The molecule has 0 radical (unpaired) electrons. The molecule has 0 saturated carbocycles. The zero-order chi connectivity index (χ0) is 12.3. The average molecular weight is 224 g/mol. The number of aromatic hydroxyl groups is 2. The van der Waals surface area contributed by atoms with Gasteiger partial charge >= 0.3 is 0 Å². The Morgan fingerprint density at radius 2 is 2.00 bits per heavy atom. The summed E-state index contributed by atoms with van der Waals surface area (Å²) in [7, 11) is 1.39. The van der Waals surface area contributed by atoms with Crippen molar-refractivity contribution in [3.63, 3.8) is 0 Å². The van der Waals surface area contributed by atoms with E-state index >= 15 is 0 Å². The van der Waals surface area contributed by atoms with Gasteiger partial charge in [-0.05, 0) is 12.1 Å². The van der Waals surface area contributed by atoms with E-state index in [1.54, 1.807) is 0 Å². The predicted molar refractivity (Wildman–Crippen MR) is 55.9 cm³/mol. The number of likely N-dealkylation sites (N-methyl/N-ethyl adjacent to an activating group) is 1. The number of hydrogen-bond acceptors (Lipinski definition) is 4. The van der Waals surface area contributed by atoms with Gasteiger partial charge < -0.3 is 20.8 Å². The summed E-state index contributed by atoms with van der Waals surface area (Å²) in [5, 5.41) is 18.5. The van der Waals surface area contributed by atoms with Crippen LogP contribution < -0.4 is 5.73 Å². The van der Waals surface area contributed by atoms with Crippen molar-refractivity contribution in [3.05, 3.63) is 23.8 Å². The Morgan fingerprint density at radius 3 is 2.50 bits per heavy atom. The molecule has 6 nitrogen and oxygen atoms in total. The number of phenolic OH excluding ortho intramolecular Hbond substituents is 2. The van der Waals surface area contributed by atoms with Gasteiger partial charge in [-0.25, -0.2) is 0 Å². The number of benzene rings is 1. The van der Waals surface area contributed by atoms with Gasteiger partial charge in [0.05, 0.1) is 12.1 Å². The quantitative estimate of drug-likeness (QED) is 0.653. The number of rotatable bonds is 3. The minimum absolute atomic E-state index is 0.00144. The van der Waals surface area contributed by atoms with Gasteiger partial charge in [0.25, 0.3) is 5.91 Å². The van der Waals surface area contributed by atoms with Crippen LogP contribution in [0.3, 0.4) is 0 Å². The Kier molecular flexibility index (Phi) is 3.34. The first kappa shape index (κ1) is 11.8. The molecule has 0 aliphatic rings. The third-order valence-corrected chi connectivity index (χ3v) is 1.95. The first-order chi connectivity index (χ1) is 7.41. The second-order valence-electron chi connectivity index (χ2n) is 3.33. The van der Waals surface area contributed by atoms with Gasteiger partial charge in [-0.1, -0.05) is 0 Å². The molecule has 86 valence electrons. The lowest BCUT2D eigenvalue weighted by Crippen LogP contribution is -2.35. The van der Waals surface area contributed by atoms with Crippen molar-refractivity contribution in [2.45, 2.75) is 0 Å². The van der Waals surface area contributed by atoms with E-state index in [1.165, 1.54) is 19.2 Å². The highest BCUT2D eigenvalue weighted by Gasteiger charge is 2.17. The van der Waals surface area contributed by atoms with Crippen LogP contribution in [0.1, 0.15) is 10.4 Å². The van der Waals surface area contributed by atoms with Crippen molar-refractivity contribution in [2.24, 2.45) is 5.73 Å². The Balaban J connectivity index is 2.92. The van der Waals surface area contributed by atoms with E-state index in [-0.39, 0.29) is 23.6 Å². The van der Waals surface area contributed by atoms with E-state index < -0.39 is 11.8 Å². The fourth-order valence-corrected chi connectivity index (χ4v) is 1.21.